The summed E-state index contributed by atoms with van der Waals surface area (Å²) in [6.07, 6.45) is 1.30. The van der Waals surface area contributed by atoms with Crippen LogP contribution < -0.4 is 4.90 Å². The van der Waals surface area contributed by atoms with E-state index in [9.17, 15) is 19.2 Å². The number of carbonyl (C=O) groups is 4. The zero-order valence-corrected chi connectivity index (χ0v) is 19.1. The number of hydrogen-bond donors (Lipinski definition) is 0. The van der Waals surface area contributed by atoms with Gasteiger partial charge in [-0.25, -0.2) is 0 Å². The topological polar surface area (TPSA) is 84.0 Å². The van der Waals surface area contributed by atoms with E-state index >= 15 is 0 Å². The SMILES string of the molecule is COC(=O)CC[C@H]1[C@@H]2CCN(C(C)=O)[C@@H]2c2cc(C(C)=O)ccc2N1C(=O)c1ccccc1. The summed E-state index contributed by atoms with van der Waals surface area (Å²) in [5.41, 5.74) is 2.57. The molecule has 3 atom stereocenters. The van der Waals surface area contributed by atoms with E-state index in [2.05, 4.69) is 0 Å². The molecule has 0 saturated carbocycles. The number of likely N-dealkylation sites (tertiary alicyclic amines) is 1. The maximum absolute atomic E-state index is 13.8. The Kier molecular flexibility index (Phi) is 6.31. The fourth-order valence-electron chi connectivity index (χ4n) is 5.26. The summed E-state index contributed by atoms with van der Waals surface area (Å²) in [5, 5.41) is 0. The number of nitrogens with zero attached hydrogens (tertiary/aromatic N) is 2. The van der Waals surface area contributed by atoms with Crippen LogP contribution in [-0.2, 0) is 14.3 Å². The van der Waals surface area contributed by atoms with Crippen LogP contribution in [0.3, 0.4) is 0 Å². The smallest absolute Gasteiger partial charge is 0.305 e. The molecule has 0 bridgehead atoms. The van der Waals surface area contributed by atoms with Gasteiger partial charge in [-0.2, -0.15) is 0 Å². The highest BCUT2D eigenvalue weighted by atomic mass is 16.5. The number of esters is 1. The Morgan fingerprint density at radius 3 is 2.36 bits per heavy atom. The zero-order valence-electron chi connectivity index (χ0n) is 19.1. The van der Waals surface area contributed by atoms with E-state index in [0.717, 1.165) is 5.56 Å². The molecule has 2 aliphatic rings. The number of amides is 2. The molecule has 2 amide bonds. The molecule has 33 heavy (non-hydrogen) atoms. The first-order valence-corrected chi connectivity index (χ1v) is 11.2. The highest BCUT2D eigenvalue weighted by Gasteiger charge is 2.49. The lowest BCUT2D eigenvalue weighted by molar-refractivity contribution is -0.141. The quantitative estimate of drug-likeness (QED) is 0.513. The Bertz CT molecular complexity index is 1100. The molecule has 2 heterocycles. The van der Waals surface area contributed by atoms with E-state index in [4.69, 9.17) is 4.74 Å². The summed E-state index contributed by atoms with van der Waals surface area (Å²) in [6, 6.07) is 13.8. The predicted molar refractivity (Wildman–Crippen MR) is 123 cm³/mol. The van der Waals surface area contributed by atoms with Crippen LogP contribution in [0, 0.1) is 5.92 Å². The van der Waals surface area contributed by atoms with Gasteiger partial charge in [0.25, 0.3) is 5.91 Å². The van der Waals surface area contributed by atoms with Crippen LogP contribution in [-0.4, -0.2) is 48.2 Å². The van der Waals surface area contributed by atoms with Crippen molar-refractivity contribution in [1.82, 2.24) is 4.90 Å². The van der Waals surface area contributed by atoms with Crippen molar-refractivity contribution in [2.45, 2.75) is 45.2 Å². The van der Waals surface area contributed by atoms with Crippen LogP contribution >= 0.6 is 0 Å². The van der Waals surface area contributed by atoms with Crippen LogP contribution in [0.1, 0.15) is 65.4 Å². The molecule has 0 spiro atoms. The van der Waals surface area contributed by atoms with Gasteiger partial charge in [-0.1, -0.05) is 18.2 Å². The average Bonchev–Trinajstić information content (AvgIpc) is 3.27. The molecule has 0 aromatic heterocycles. The number of fused-ring (bicyclic) bond motifs is 3. The largest absolute Gasteiger partial charge is 0.469 e. The summed E-state index contributed by atoms with van der Waals surface area (Å²) >= 11 is 0. The zero-order chi connectivity index (χ0) is 23.7. The van der Waals surface area contributed by atoms with Crippen molar-refractivity contribution in [3.63, 3.8) is 0 Å². The Morgan fingerprint density at radius 2 is 1.73 bits per heavy atom. The van der Waals surface area contributed by atoms with Gasteiger partial charge in [0.15, 0.2) is 5.78 Å². The number of ether oxygens (including phenoxy) is 1. The monoisotopic (exact) mass is 448 g/mol. The minimum Gasteiger partial charge on any atom is -0.469 e. The maximum atomic E-state index is 13.8. The van der Waals surface area contributed by atoms with Crippen molar-refractivity contribution in [3.8, 4) is 0 Å². The number of methoxy groups -OCH3 is 1. The summed E-state index contributed by atoms with van der Waals surface area (Å²) in [4.78, 5) is 54.0. The van der Waals surface area contributed by atoms with E-state index < -0.39 is 0 Å². The Labute approximate surface area is 193 Å². The summed E-state index contributed by atoms with van der Waals surface area (Å²) in [5.74, 6) is -0.674. The molecule has 7 heteroatoms. The van der Waals surface area contributed by atoms with E-state index in [0.29, 0.717) is 36.2 Å². The summed E-state index contributed by atoms with van der Waals surface area (Å²) in [7, 11) is 1.35. The molecule has 7 nitrogen and oxygen atoms in total. The fraction of sp³-hybridized carbons (Fsp3) is 0.385. The number of anilines is 1. The number of ketones is 1. The molecular weight excluding hydrogens is 420 g/mol. The van der Waals surface area contributed by atoms with Crippen molar-refractivity contribution >= 4 is 29.3 Å². The normalized spacial score (nSPS) is 21.2. The van der Waals surface area contributed by atoms with Gasteiger partial charge in [-0.3, -0.25) is 19.2 Å². The Balaban J connectivity index is 1.87. The average molecular weight is 449 g/mol. The van der Waals surface area contributed by atoms with Gasteiger partial charge in [0.05, 0.1) is 13.2 Å². The second-order valence-corrected chi connectivity index (χ2v) is 8.66. The molecule has 0 radical (unpaired) electrons. The standard InChI is InChI=1S/C26H28N2O5/c1-16(29)19-9-10-23-21(15-19)25-20(13-14-27(25)17(2)30)22(11-12-24(31)33-3)28(23)26(32)18-7-5-4-6-8-18/h4-10,15,20,22,25H,11-14H2,1-3H3/t20-,22-,25-/m0/s1. The lowest BCUT2D eigenvalue weighted by Crippen LogP contribution is -2.51. The van der Waals surface area contributed by atoms with E-state index in [1.165, 1.54) is 14.0 Å². The predicted octanol–water partition coefficient (Wildman–Crippen LogP) is 3.78. The maximum Gasteiger partial charge on any atom is 0.305 e. The molecule has 2 aromatic carbocycles. The van der Waals surface area contributed by atoms with Crippen molar-refractivity contribution < 1.29 is 23.9 Å². The first-order valence-electron chi connectivity index (χ1n) is 11.2. The number of rotatable bonds is 5. The molecule has 2 aliphatic heterocycles. The van der Waals surface area contributed by atoms with Crippen molar-refractivity contribution in [1.29, 1.82) is 0 Å². The van der Waals surface area contributed by atoms with Crippen LogP contribution in [0.15, 0.2) is 48.5 Å². The molecule has 1 saturated heterocycles. The minimum atomic E-state index is -0.335. The molecule has 4 rings (SSSR count). The number of Topliss-reactive ketones (excluding diaryl/α,β-unsaturated/α-hetero) is 1. The molecule has 0 aliphatic carbocycles. The number of hydrogen-bond acceptors (Lipinski definition) is 5. The van der Waals surface area contributed by atoms with Crippen LogP contribution in [0.2, 0.25) is 0 Å². The molecule has 2 aromatic rings. The summed E-state index contributed by atoms with van der Waals surface area (Å²) < 4.78 is 4.86. The van der Waals surface area contributed by atoms with Crippen molar-refractivity contribution in [3.05, 3.63) is 65.2 Å². The van der Waals surface area contributed by atoms with Crippen LogP contribution in [0.5, 0.6) is 0 Å². The van der Waals surface area contributed by atoms with Gasteiger partial charge in [0.1, 0.15) is 0 Å². The van der Waals surface area contributed by atoms with Gasteiger partial charge in [0.2, 0.25) is 5.91 Å². The third-order valence-corrected chi connectivity index (χ3v) is 6.80. The van der Waals surface area contributed by atoms with Gasteiger partial charge >= 0.3 is 5.97 Å². The van der Waals surface area contributed by atoms with Crippen molar-refractivity contribution in [2.75, 3.05) is 18.6 Å². The number of benzene rings is 2. The minimum absolute atomic E-state index is 0.0452. The van der Waals surface area contributed by atoms with Crippen molar-refractivity contribution in [2.24, 2.45) is 5.92 Å². The molecule has 0 unspecified atom stereocenters. The van der Waals surface area contributed by atoms with Gasteiger partial charge < -0.3 is 14.5 Å². The second-order valence-electron chi connectivity index (χ2n) is 8.66. The van der Waals surface area contributed by atoms with Gasteiger partial charge in [-0.05, 0) is 55.7 Å². The van der Waals surface area contributed by atoms with E-state index in [-0.39, 0.29) is 48.0 Å². The highest BCUT2D eigenvalue weighted by molar-refractivity contribution is 6.08. The Morgan fingerprint density at radius 1 is 1.00 bits per heavy atom. The van der Waals surface area contributed by atoms with E-state index in [1.807, 2.05) is 29.2 Å². The van der Waals surface area contributed by atoms with Gasteiger partial charge in [0, 0.05) is 48.7 Å². The van der Waals surface area contributed by atoms with Gasteiger partial charge in [-0.15, -0.1) is 0 Å². The lowest BCUT2D eigenvalue weighted by Gasteiger charge is -2.45. The van der Waals surface area contributed by atoms with E-state index in [1.54, 1.807) is 36.1 Å². The molecule has 0 N–H and O–H groups in total. The molecule has 172 valence electrons. The first kappa shape index (κ1) is 22.7. The highest BCUT2D eigenvalue weighted by Crippen LogP contribution is 2.50. The van der Waals surface area contributed by atoms with Crippen LogP contribution in [0.25, 0.3) is 0 Å². The third-order valence-electron chi connectivity index (χ3n) is 6.80. The second kappa shape index (κ2) is 9.17. The van der Waals surface area contributed by atoms with Crippen LogP contribution in [0.4, 0.5) is 5.69 Å². The molecular formula is C26H28N2O5. The summed E-state index contributed by atoms with van der Waals surface area (Å²) in [6.45, 7) is 3.61. The number of carbonyl (C=O) groups excluding carboxylic acids is 4. The molecule has 1 fully saturated rings. The third kappa shape index (κ3) is 4.15. The Hall–Kier alpha value is -3.48. The first-order chi connectivity index (χ1) is 15.8. The lowest BCUT2D eigenvalue weighted by atomic mass is 9.78. The fourth-order valence-corrected chi connectivity index (χ4v) is 5.26.